The molecule has 0 radical (unpaired) electrons. The molecule has 0 spiro atoms. The van der Waals surface area contributed by atoms with Gasteiger partial charge in [-0.15, -0.1) is 0 Å². The quantitative estimate of drug-likeness (QED) is 0.848. The molecule has 1 fully saturated rings. The van der Waals surface area contributed by atoms with E-state index in [1.165, 1.54) is 0 Å². The van der Waals surface area contributed by atoms with Crippen molar-refractivity contribution in [3.8, 4) is 0 Å². The third-order valence-corrected chi connectivity index (χ3v) is 3.59. The number of nitrogens with one attached hydrogen (secondary N) is 1. The first-order chi connectivity index (χ1) is 11.2. The highest BCUT2D eigenvalue weighted by Crippen LogP contribution is 2.26. The number of para-hydroxylation sites is 1. The van der Waals surface area contributed by atoms with Gasteiger partial charge in [-0.05, 0) is 52.7 Å². The zero-order valence-electron chi connectivity index (χ0n) is 14.7. The van der Waals surface area contributed by atoms with Gasteiger partial charge in [-0.25, -0.2) is 9.59 Å². The van der Waals surface area contributed by atoms with Gasteiger partial charge in [-0.2, -0.15) is 0 Å². The van der Waals surface area contributed by atoms with Crippen LogP contribution in [0.4, 0.5) is 10.5 Å². The first kappa shape index (κ1) is 18.3. The smallest absolute Gasteiger partial charge is 0.412 e. The molecule has 1 aliphatic rings. The lowest BCUT2D eigenvalue weighted by molar-refractivity contribution is -0.0377. The number of anilines is 1. The number of ether oxygens (including phenoxy) is 3. The maximum absolute atomic E-state index is 12.4. The van der Waals surface area contributed by atoms with Gasteiger partial charge >= 0.3 is 12.1 Å². The predicted octanol–water partition coefficient (Wildman–Crippen LogP) is 3.76. The fraction of sp³-hybridized carbons (Fsp3) is 0.556. The van der Waals surface area contributed by atoms with Gasteiger partial charge in [-0.3, -0.25) is 5.32 Å². The van der Waals surface area contributed by atoms with Gasteiger partial charge < -0.3 is 14.2 Å². The van der Waals surface area contributed by atoms with Crippen molar-refractivity contribution in [1.29, 1.82) is 0 Å². The van der Waals surface area contributed by atoms with Crippen molar-refractivity contribution in [1.82, 2.24) is 0 Å². The van der Waals surface area contributed by atoms with E-state index in [4.69, 9.17) is 14.2 Å². The van der Waals surface area contributed by atoms with Crippen molar-refractivity contribution in [3.05, 3.63) is 29.8 Å². The predicted molar refractivity (Wildman–Crippen MR) is 90.2 cm³/mol. The van der Waals surface area contributed by atoms with Crippen LogP contribution in [0, 0.1) is 0 Å². The Morgan fingerprint density at radius 1 is 1.29 bits per heavy atom. The summed E-state index contributed by atoms with van der Waals surface area (Å²) in [7, 11) is 0. The minimum absolute atomic E-state index is 0.187. The van der Waals surface area contributed by atoms with Crippen molar-refractivity contribution in [3.63, 3.8) is 0 Å². The van der Waals surface area contributed by atoms with Crippen LogP contribution >= 0.6 is 0 Å². The molecule has 6 nitrogen and oxygen atoms in total. The van der Waals surface area contributed by atoms with Crippen molar-refractivity contribution in [2.24, 2.45) is 0 Å². The maximum Gasteiger partial charge on any atom is 0.412 e. The largest absolute Gasteiger partial charge is 0.459 e. The Bertz CT molecular complexity index is 600. The second kappa shape index (κ2) is 7.21. The second-order valence-corrected chi connectivity index (χ2v) is 7.15. The molecule has 2 rings (SSSR count). The zero-order valence-corrected chi connectivity index (χ0v) is 14.7. The number of hydrogen-bond acceptors (Lipinski definition) is 5. The van der Waals surface area contributed by atoms with Crippen LogP contribution in [-0.2, 0) is 14.2 Å². The Morgan fingerprint density at radius 3 is 2.62 bits per heavy atom. The molecule has 6 heteroatoms. The van der Waals surface area contributed by atoms with E-state index in [0.29, 0.717) is 12.3 Å². The zero-order chi connectivity index (χ0) is 17.8. The van der Waals surface area contributed by atoms with Gasteiger partial charge in [0.15, 0.2) is 0 Å². The van der Waals surface area contributed by atoms with E-state index in [9.17, 15) is 9.59 Å². The Morgan fingerprint density at radius 2 is 2.00 bits per heavy atom. The Balaban J connectivity index is 2.02. The number of esters is 1. The molecule has 1 atom stereocenters. The standard InChI is InChI=1S/C18H25NO5/c1-17(2,3)24-16(21)19-14-9-6-5-8-13(14)15(20)22-12-18(4)10-7-11-23-18/h5-6,8-9H,7,10-12H2,1-4H3,(H,19,21). The van der Waals surface area contributed by atoms with Gasteiger partial charge in [0.1, 0.15) is 12.2 Å². The molecular formula is C18H25NO5. The highest BCUT2D eigenvalue weighted by molar-refractivity contribution is 5.99. The van der Waals surface area contributed by atoms with E-state index in [2.05, 4.69) is 5.32 Å². The number of benzene rings is 1. The number of hydrogen-bond donors (Lipinski definition) is 1. The summed E-state index contributed by atoms with van der Waals surface area (Å²) in [6.45, 7) is 8.12. The van der Waals surface area contributed by atoms with E-state index in [-0.39, 0.29) is 12.2 Å². The molecule has 24 heavy (non-hydrogen) atoms. The van der Waals surface area contributed by atoms with E-state index < -0.39 is 23.3 Å². The SMILES string of the molecule is CC(C)(C)OC(=O)Nc1ccccc1C(=O)OCC1(C)CCCO1. The fourth-order valence-electron chi connectivity index (χ4n) is 2.43. The normalized spacial score (nSPS) is 20.5. The monoisotopic (exact) mass is 335 g/mol. The molecule has 1 unspecified atom stereocenters. The maximum atomic E-state index is 12.4. The summed E-state index contributed by atoms with van der Waals surface area (Å²) in [5.74, 6) is -0.501. The molecule has 0 bridgehead atoms. The van der Waals surface area contributed by atoms with Crippen LogP contribution in [0.25, 0.3) is 0 Å². The number of carbonyl (C=O) groups is 2. The molecule has 1 heterocycles. The molecule has 1 saturated heterocycles. The van der Waals surface area contributed by atoms with Gasteiger partial charge in [0.25, 0.3) is 0 Å². The van der Waals surface area contributed by atoms with Gasteiger partial charge in [0.2, 0.25) is 0 Å². The minimum atomic E-state index is -0.617. The van der Waals surface area contributed by atoms with Gasteiger partial charge in [-0.1, -0.05) is 12.1 Å². The van der Waals surface area contributed by atoms with E-state index in [1.54, 1.807) is 45.0 Å². The molecule has 0 aromatic heterocycles. The van der Waals surface area contributed by atoms with Crippen LogP contribution in [0.2, 0.25) is 0 Å². The van der Waals surface area contributed by atoms with Crippen LogP contribution < -0.4 is 5.32 Å². The van der Waals surface area contributed by atoms with Crippen LogP contribution in [0.3, 0.4) is 0 Å². The molecule has 0 aliphatic carbocycles. The topological polar surface area (TPSA) is 73.9 Å². The van der Waals surface area contributed by atoms with E-state index in [1.807, 2.05) is 6.92 Å². The first-order valence-electron chi connectivity index (χ1n) is 8.09. The second-order valence-electron chi connectivity index (χ2n) is 7.15. The molecule has 1 N–H and O–H groups in total. The molecule has 1 amide bonds. The van der Waals surface area contributed by atoms with Crippen LogP contribution in [0.1, 0.15) is 50.9 Å². The summed E-state index contributed by atoms with van der Waals surface area (Å²) < 4.78 is 16.2. The lowest BCUT2D eigenvalue weighted by Crippen LogP contribution is -2.31. The van der Waals surface area contributed by atoms with Gasteiger partial charge in [0, 0.05) is 6.61 Å². The number of amides is 1. The van der Waals surface area contributed by atoms with Crippen molar-refractivity contribution < 1.29 is 23.8 Å². The molecular weight excluding hydrogens is 310 g/mol. The number of carbonyl (C=O) groups excluding carboxylic acids is 2. The third-order valence-electron chi connectivity index (χ3n) is 3.59. The van der Waals surface area contributed by atoms with Crippen molar-refractivity contribution in [2.75, 3.05) is 18.5 Å². The highest BCUT2D eigenvalue weighted by atomic mass is 16.6. The summed E-state index contributed by atoms with van der Waals surface area (Å²) in [5.41, 5.74) is -0.406. The average Bonchev–Trinajstić information content (AvgIpc) is 2.91. The highest BCUT2D eigenvalue weighted by Gasteiger charge is 2.31. The summed E-state index contributed by atoms with van der Waals surface area (Å²) in [6, 6.07) is 6.68. The lowest BCUT2D eigenvalue weighted by Gasteiger charge is -2.23. The van der Waals surface area contributed by atoms with Crippen LogP contribution in [0.15, 0.2) is 24.3 Å². The molecule has 132 valence electrons. The Labute approximate surface area is 142 Å². The summed E-state index contributed by atoms with van der Waals surface area (Å²) in [4.78, 5) is 24.3. The van der Waals surface area contributed by atoms with E-state index >= 15 is 0 Å². The summed E-state index contributed by atoms with van der Waals surface area (Å²) in [6.07, 6.45) is 1.21. The average molecular weight is 335 g/mol. The summed E-state index contributed by atoms with van der Waals surface area (Å²) >= 11 is 0. The van der Waals surface area contributed by atoms with Crippen LogP contribution in [-0.4, -0.2) is 36.5 Å². The third kappa shape index (κ3) is 5.23. The molecule has 0 saturated carbocycles. The van der Waals surface area contributed by atoms with Crippen molar-refractivity contribution >= 4 is 17.7 Å². The Hall–Kier alpha value is -2.08. The molecule has 1 aromatic carbocycles. The number of rotatable bonds is 4. The van der Waals surface area contributed by atoms with E-state index in [0.717, 1.165) is 12.8 Å². The first-order valence-corrected chi connectivity index (χ1v) is 8.09. The van der Waals surface area contributed by atoms with Crippen molar-refractivity contribution in [2.45, 2.75) is 51.7 Å². The summed E-state index contributed by atoms with van der Waals surface area (Å²) in [5, 5.41) is 2.59. The van der Waals surface area contributed by atoms with Crippen LogP contribution in [0.5, 0.6) is 0 Å². The fourth-order valence-corrected chi connectivity index (χ4v) is 2.43. The lowest BCUT2D eigenvalue weighted by atomic mass is 10.0. The Kier molecular flexibility index (Phi) is 5.49. The minimum Gasteiger partial charge on any atom is -0.459 e. The molecule has 1 aromatic rings. The molecule has 1 aliphatic heterocycles. The van der Waals surface area contributed by atoms with Gasteiger partial charge in [0.05, 0.1) is 16.9 Å².